The highest BCUT2D eigenvalue weighted by Crippen LogP contribution is 2.29. The number of rotatable bonds is 2. The zero-order valence-electron chi connectivity index (χ0n) is 7.80. The Morgan fingerprint density at radius 2 is 2.57 bits per heavy atom. The number of azide groups is 1. The summed E-state index contributed by atoms with van der Waals surface area (Å²) in [4.78, 5) is 2.79. The highest BCUT2D eigenvalue weighted by Gasteiger charge is 2.18. The van der Waals surface area contributed by atoms with Crippen LogP contribution in [0.15, 0.2) is 11.2 Å². The topological polar surface area (TPSA) is 90.3 Å². The lowest BCUT2D eigenvalue weighted by Crippen LogP contribution is -1.89. The summed E-state index contributed by atoms with van der Waals surface area (Å²) in [5, 5.41) is 14.1. The molecule has 1 unspecified atom stereocenters. The molecule has 0 saturated carbocycles. The molecule has 2 rings (SSSR count). The number of nitrogens with one attached hydrogen (secondary N) is 1. The number of nitrogens with zero attached hydrogens (tertiary/aromatic N) is 5. The molecule has 1 aliphatic carbocycles. The van der Waals surface area contributed by atoms with Crippen molar-refractivity contribution in [3.63, 3.8) is 0 Å². The standard InChI is InChI=1S/C8H10N6/c1-5-8(12-14-10-5)6-2-3-7(4-6)11-13-9/h4,7H,2-3H2,1H3,(H,10,12,14). The second-order valence-electron chi connectivity index (χ2n) is 3.29. The van der Waals surface area contributed by atoms with E-state index in [1.165, 1.54) is 0 Å². The third-order valence-corrected chi connectivity index (χ3v) is 2.33. The molecular weight excluding hydrogens is 180 g/mol. The lowest BCUT2D eigenvalue weighted by molar-refractivity contribution is 0.775. The van der Waals surface area contributed by atoms with Crippen molar-refractivity contribution in [3.05, 3.63) is 27.9 Å². The Morgan fingerprint density at radius 1 is 1.71 bits per heavy atom. The lowest BCUT2D eigenvalue weighted by atomic mass is 10.1. The number of aromatic amines is 1. The van der Waals surface area contributed by atoms with Crippen molar-refractivity contribution in [3.8, 4) is 0 Å². The summed E-state index contributed by atoms with van der Waals surface area (Å²) in [6.07, 6.45) is 3.73. The van der Waals surface area contributed by atoms with Gasteiger partial charge in [-0.15, -0.1) is 5.10 Å². The molecule has 6 heteroatoms. The van der Waals surface area contributed by atoms with Gasteiger partial charge in [0, 0.05) is 4.91 Å². The molecule has 1 aliphatic rings. The Kier molecular flexibility index (Phi) is 2.20. The van der Waals surface area contributed by atoms with Crippen molar-refractivity contribution in [2.24, 2.45) is 5.11 Å². The molecule has 72 valence electrons. The summed E-state index contributed by atoms with van der Waals surface area (Å²) in [5.41, 5.74) is 11.3. The van der Waals surface area contributed by atoms with Crippen LogP contribution >= 0.6 is 0 Å². The molecule has 0 bridgehead atoms. The van der Waals surface area contributed by atoms with Gasteiger partial charge in [0.25, 0.3) is 0 Å². The summed E-state index contributed by atoms with van der Waals surface area (Å²) >= 11 is 0. The van der Waals surface area contributed by atoms with E-state index in [1.54, 1.807) is 0 Å². The van der Waals surface area contributed by atoms with Gasteiger partial charge < -0.3 is 0 Å². The van der Waals surface area contributed by atoms with Crippen molar-refractivity contribution >= 4 is 5.57 Å². The van der Waals surface area contributed by atoms with Gasteiger partial charge in [0.15, 0.2) is 0 Å². The highest BCUT2D eigenvalue weighted by atomic mass is 15.3. The Balaban J connectivity index is 2.26. The third-order valence-electron chi connectivity index (χ3n) is 2.33. The number of hydrogen-bond acceptors (Lipinski definition) is 3. The van der Waals surface area contributed by atoms with E-state index in [1.807, 2.05) is 13.0 Å². The minimum Gasteiger partial charge on any atom is -0.262 e. The number of hydrogen-bond donors (Lipinski definition) is 1. The monoisotopic (exact) mass is 190 g/mol. The van der Waals surface area contributed by atoms with Gasteiger partial charge in [-0.3, -0.25) is 5.10 Å². The number of allylic oxidation sites excluding steroid dienone is 1. The molecular formula is C8H10N6. The minimum atomic E-state index is -0.0221. The van der Waals surface area contributed by atoms with Crippen LogP contribution in [0.2, 0.25) is 0 Å². The summed E-state index contributed by atoms with van der Waals surface area (Å²) in [6.45, 7) is 1.93. The fourth-order valence-corrected chi connectivity index (χ4v) is 1.64. The molecule has 1 aromatic rings. The molecule has 6 nitrogen and oxygen atoms in total. The largest absolute Gasteiger partial charge is 0.262 e. The van der Waals surface area contributed by atoms with Gasteiger partial charge in [-0.25, -0.2) is 0 Å². The lowest BCUT2D eigenvalue weighted by Gasteiger charge is -1.94. The first-order valence-electron chi connectivity index (χ1n) is 4.44. The van der Waals surface area contributed by atoms with Crippen LogP contribution in [0.3, 0.4) is 0 Å². The van der Waals surface area contributed by atoms with E-state index in [2.05, 4.69) is 25.4 Å². The molecule has 0 aromatic carbocycles. The fourth-order valence-electron chi connectivity index (χ4n) is 1.64. The molecule has 1 N–H and O–H groups in total. The third kappa shape index (κ3) is 1.47. The number of H-pyrrole nitrogens is 1. The summed E-state index contributed by atoms with van der Waals surface area (Å²) < 4.78 is 0. The second kappa shape index (κ2) is 3.51. The van der Waals surface area contributed by atoms with Crippen molar-refractivity contribution < 1.29 is 0 Å². The summed E-state index contributed by atoms with van der Waals surface area (Å²) in [7, 11) is 0. The van der Waals surface area contributed by atoms with Crippen LogP contribution in [0.1, 0.15) is 24.2 Å². The first-order chi connectivity index (χ1) is 6.81. The van der Waals surface area contributed by atoms with Gasteiger partial charge in [-0.1, -0.05) is 16.4 Å². The quantitative estimate of drug-likeness (QED) is 0.438. The smallest absolute Gasteiger partial charge is 0.111 e. The van der Waals surface area contributed by atoms with Crippen LogP contribution in [-0.2, 0) is 0 Å². The van der Waals surface area contributed by atoms with Gasteiger partial charge in [-0.05, 0) is 30.9 Å². The van der Waals surface area contributed by atoms with Crippen LogP contribution in [-0.4, -0.2) is 21.5 Å². The predicted molar refractivity (Wildman–Crippen MR) is 51.3 cm³/mol. The van der Waals surface area contributed by atoms with E-state index in [-0.39, 0.29) is 6.04 Å². The van der Waals surface area contributed by atoms with Crippen molar-refractivity contribution in [2.75, 3.05) is 0 Å². The molecule has 0 radical (unpaired) electrons. The fraction of sp³-hybridized carbons (Fsp3) is 0.500. The molecule has 1 aromatic heterocycles. The average Bonchev–Trinajstić information content (AvgIpc) is 2.74. The molecule has 0 spiro atoms. The van der Waals surface area contributed by atoms with Crippen molar-refractivity contribution in [1.82, 2.24) is 15.4 Å². The second-order valence-corrected chi connectivity index (χ2v) is 3.29. The Morgan fingerprint density at radius 3 is 3.21 bits per heavy atom. The van der Waals surface area contributed by atoms with Crippen LogP contribution in [0.25, 0.3) is 16.0 Å². The van der Waals surface area contributed by atoms with E-state index in [0.717, 1.165) is 29.8 Å². The first kappa shape index (κ1) is 8.77. The van der Waals surface area contributed by atoms with E-state index in [4.69, 9.17) is 5.53 Å². The maximum atomic E-state index is 8.29. The normalized spacial score (nSPS) is 20.4. The zero-order chi connectivity index (χ0) is 9.97. The molecule has 1 heterocycles. The predicted octanol–water partition coefficient (Wildman–Crippen LogP) is 1.97. The maximum absolute atomic E-state index is 8.29. The SMILES string of the molecule is Cc1[nH]nnc1C1=CC(N=[N+]=[N-])CC1. The molecule has 0 saturated heterocycles. The Bertz CT molecular complexity index is 411. The van der Waals surface area contributed by atoms with Crippen molar-refractivity contribution in [1.29, 1.82) is 0 Å². The summed E-state index contributed by atoms with van der Waals surface area (Å²) in [5.74, 6) is 0. The van der Waals surface area contributed by atoms with Crippen molar-refractivity contribution in [2.45, 2.75) is 25.8 Å². The highest BCUT2D eigenvalue weighted by molar-refractivity contribution is 5.66. The Labute approximate surface area is 80.6 Å². The van der Waals surface area contributed by atoms with Gasteiger partial charge in [-0.2, -0.15) is 0 Å². The molecule has 1 atom stereocenters. The average molecular weight is 190 g/mol. The van der Waals surface area contributed by atoms with E-state index < -0.39 is 0 Å². The Hall–Kier alpha value is -1.81. The van der Waals surface area contributed by atoms with Crippen LogP contribution in [0.4, 0.5) is 0 Å². The van der Waals surface area contributed by atoms with Gasteiger partial charge >= 0.3 is 0 Å². The molecule has 14 heavy (non-hydrogen) atoms. The van der Waals surface area contributed by atoms with Gasteiger partial charge in [0.1, 0.15) is 5.69 Å². The summed E-state index contributed by atoms with van der Waals surface area (Å²) in [6, 6.07) is -0.0221. The van der Waals surface area contributed by atoms with Gasteiger partial charge in [0.05, 0.1) is 11.7 Å². The van der Waals surface area contributed by atoms with Crippen LogP contribution in [0.5, 0.6) is 0 Å². The van der Waals surface area contributed by atoms with Crippen LogP contribution in [0, 0.1) is 6.92 Å². The van der Waals surface area contributed by atoms with E-state index >= 15 is 0 Å². The number of aromatic nitrogens is 3. The zero-order valence-corrected chi connectivity index (χ0v) is 7.80. The van der Waals surface area contributed by atoms with E-state index in [0.29, 0.717) is 0 Å². The minimum absolute atomic E-state index is 0.0221. The van der Waals surface area contributed by atoms with Gasteiger partial charge in [0.2, 0.25) is 0 Å². The number of aryl methyl sites for hydroxylation is 1. The van der Waals surface area contributed by atoms with E-state index in [9.17, 15) is 0 Å². The molecule has 0 aliphatic heterocycles. The maximum Gasteiger partial charge on any atom is 0.111 e. The molecule has 0 amide bonds. The first-order valence-corrected chi connectivity index (χ1v) is 4.44. The van der Waals surface area contributed by atoms with Crippen LogP contribution < -0.4 is 0 Å². The molecule has 0 fully saturated rings.